The molecule has 0 aliphatic rings. The van der Waals surface area contributed by atoms with Crippen LogP contribution in [0.3, 0.4) is 0 Å². The minimum atomic E-state index is -4.34. The molecule has 1 atom stereocenters. The summed E-state index contributed by atoms with van der Waals surface area (Å²) in [6.45, 7) is 5.21. The van der Waals surface area contributed by atoms with Gasteiger partial charge in [0.05, 0.1) is 31.4 Å². The van der Waals surface area contributed by atoms with E-state index in [0.29, 0.717) is 30.2 Å². The number of ether oxygens (including phenoxy) is 3. The van der Waals surface area contributed by atoms with Gasteiger partial charge >= 0.3 is 0 Å². The zero-order valence-electron chi connectivity index (χ0n) is 24.3. The van der Waals surface area contributed by atoms with Crippen molar-refractivity contribution in [1.82, 2.24) is 10.2 Å². The van der Waals surface area contributed by atoms with Gasteiger partial charge in [0.1, 0.15) is 24.2 Å². The number of halogens is 1. The molecule has 0 aromatic heterocycles. The number of hydrogen-bond acceptors (Lipinski definition) is 7. The number of anilines is 1. The molecule has 0 spiro atoms. The summed E-state index contributed by atoms with van der Waals surface area (Å²) in [7, 11) is -1.52. The van der Waals surface area contributed by atoms with E-state index in [0.717, 1.165) is 4.31 Å². The molecule has 0 heterocycles. The highest BCUT2D eigenvalue weighted by Gasteiger charge is 2.33. The van der Waals surface area contributed by atoms with Crippen LogP contribution in [0.25, 0.3) is 0 Å². The van der Waals surface area contributed by atoms with Gasteiger partial charge in [0.2, 0.25) is 11.8 Å². The van der Waals surface area contributed by atoms with E-state index >= 15 is 0 Å². The predicted octanol–water partition coefficient (Wildman–Crippen LogP) is 3.99. The summed E-state index contributed by atoms with van der Waals surface area (Å²) >= 11 is 0. The molecule has 3 aromatic rings. The highest BCUT2D eigenvalue weighted by molar-refractivity contribution is 7.92. The van der Waals surface area contributed by atoms with Crippen LogP contribution < -0.4 is 23.8 Å². The number of rotatable bonds is 14. The summed E-state index contributed by atoms with van der Waals surface area (Å²) in [6, 6.07) is 15.0. The Bertz CT molecular complexity index is 1470. The monoisotopic (exact) mass is 601 g/mol. The molecule has 0 aliphatic heterocycles. The Kier molecular flexibility index (Phi) is 11.1. The summed E-state index contributed by atoms with van der Waals surface area (Å²) in [5.41, 5.74) is 0.769. The lowest BCUT2D eigenvalue weighted by molar-refractivity contribution is -0.139. The molecule has 0 saturated heterocycles. The highest BCUT2D eigenvalue weighted by atomic mass is 32.2. The van der Waals surface area contributed by atoms with Gasteiger partial charge in [0, 0.05) is 19.2 Å². The summed E-state index contributed by atoms with van der Waals surface area (Å²) in [5.74, 6) is -0.449. The molecule has 12 heteroatoms. The lowest BCUT2D eigenvalue weighted by Crippen LogP contribution is -2.51. The Morgan fingerprint density at radius 2 is 1.57 bits per heavy atom. The Morgan fingerprint density at radius 1 is 0.929 bits per heavy atom. The quantitative estimate of drug-likeness (QED) is 0.297. The van der Waals surface area contributed by atoms with Gasteiger partial charge in [-0.05, 0) is 74.9 Å². The second-order valence-corrected chi connectivity index (χ2v) is 11.0. The van der Waals surface area contributed by atoms with Crippen molar-refractivity contribution >= 4 is 27.5 Å². The standard InChI is InChI=1S/C30H36FN3O7S/c1-6-32-30(36)21(3)33(19-22-8-10-23(31)11-9-22)29(35)20-34(24-12-14-25(15-13-24)41-7-2)42(37,38)26-16-17-27(39-4)28(18-26)40-5/h8-18,21H,6-7,19-20H2,1-5H3,(H,32,36)/t21-/m0/s1. The van der Waals surface area contributed by atoms with Gasteiger partial charge in [-0.15, -0.1) is 0 Å². The van der Waals surface area contributed by atoms with Crippen LogP contribution in [0.15, 0.2) is 71.6 Å². The van der Waals surface area contributed by atoms with Gasteiger partial charge in [0.15, 0.2) is 11.5 Å². The minimum absolute atomic E-state index is 0.0507. The summed E-state index contributed by atoms with van der Waals surface area (Å²) in [4.78, 5) is 27.8. The third-order valence-corrected chi connectivity index (χ3v) is 8.21. The zero-order valence-corrected chi connectivity index (χ0v) is 25.1. The second kappa shape index (κ2) is 14.5. The van der Waals surface area contributed by atoms with Crippen LogP contribution in [-0.4, -0.2) is 65.1 Å². The van der Waals surface area contributed by atoms with E-state index < -0.39 is 40.2 Å². The third kappa shape index (κ3) is 7.69. The fourth-order valence-electron chi connectivity index (χ4n) is 4.20. The number of nitrogens with one attached hydrogen (secondary N) is 1. The number of carbonyl (C=O) groups excluding carboxylic acids is 2. The zero-order chi connectivity index (χ0) is 30.9. The van der Waals surface area contributed by atoms with Crippen LogP contribution in [0.2, 0.25) is 0 Å². The number of carbonyl (C=O) groups is 2. The van der Waals surface area contributed by atoms with Crippen LogP contribution >= 0.6 is 0 Å². The van der Waals surface area contributed by atoms with Crippen molar-refractivity contribution in [3.63, 3.8) is 0 Å². The summed E-state index contributed by atoms with van der Waals surface area (Å²) in [5, 5.41) is 2.69. The van der Waals surface area contributed by atoms with Gasteiger partial charge in [-0.1, -0.05) is 12.1 Å². The Labute approximate surface area is 246 Å². The SMILES string of the molecule is CCNC(=O)[C@H](C)N(Cc1ccc(F)cc1)C(=O)CN(c1ccc(OCC)cc1)S(=O)(=O)c1ccc(OC)c(OC)c1. The van der Waals surface area contributed by atoms with Crippen LogP contribution in [0.4, 0.5) is 10.1 Å². The largest absolute Gasteiger partial charge is 0.494 e. The number of sulfonamides is 1. The van der Waals surface area contributed by atoms with E-state index in [2.05, 4.69) is 5.32 Å². The normalized spacial score (nSPS) is 11.8. The summed E-state index contributed by atoms with van der Waals surface area (Å²) < 4.78 is 58.7. The lowest BCUT2D eigenvalue weighted by atomic mass is 10.1. The number of nitrogens with zero attached hydrogens (tertiary/aromatic N) is 2. The summed E-state index contributed by atoms with van der Waals surface area (Å²) in [6.07, 6.45) is 0. The van der Waals surface area contributed by atoms with Gasteiger partial charge in [-0.25, -0.2) is 12.8 Å². The molecular formula is C30H36FN3O7S. The van der Waals surface area contributed by atoms with Crippen molar-refractivity contribution in [3.05, 3.63) is 78.1 Å². The molecule has 226 valence electrons. The van der Waals surface area contributed by atoms with E-state index in [1.54, 1.807) is 26.0 Å². The molecule has 2 amide bonds. The van der Waals surface area contributed by atoms with Gasteiger partial charge in [0.25, 0.3) is 10.0 Å². The predicted molar refractivity (Wildman–Crippen MR) is 157 cm³/mol. The maximum absolute atomic E-state index is 14.1. The van der Waals surface area contributed by atoms with Crippen LogP contribution in [-0.2, 0) is 26.2 Å². The van der Waals surface area contributed by atoms with E-state index in [-0.39, 0.29) is 22.9 Å². The molecule has 1 N–H and O–H groups in total. The second-order valence-electron chi connectivity index (χ2n) is 9.17. The average molecular weight is 602 g/mol. The molecule has 10 nitrogen and oxygen atoms in total. The molecule has 42 heavy (non-hydrogen) atoms. The molecule has 3 aromatic carbocycles. The first-order valence-corrected chi connectivity index (χ1v) is 14.8. The van der Waals surface area contributed by atoms with E-state index in [9.17, 15) is 22.4 Å². The van der Waals surface area contributed by atoms with Crippen molar-refractivity contribution in [1.29, 1.82) is 0 Å². The molecule has 0 bridgehead atoms. The maximum atomic E-state index is 14.1. The number of hydrogen-bond donors (Lipinski definition) is 1. The Morgan fingerprint density at radius 3 is 2.14 bits per heavy atom. The molecule has 0 radical (unpaired) electrons. The first-order valence-electron chi connectivity index (χ1n) is 13.3. The van der Waals surface area contributed by atoms with Crippen molar-refractivity contribution in [2.24, 2.45) is 0 Å². The Hall–Kier alpha value is -4.32. The van der Waals surface area contributed by atoms with E-state index in [1.807, 2.05) is 6.92 Å². The first kappa shape index (κ1) is 32.2. The topological polar surface area (TPSA) is 114 Å². The lowest BCUT2D eigenvalue weighted by Gasteiger charge is -2.32. The number of methoxy groups -OCH3 is 2. The Balaban J connectivity index is 2.07. The number of benzene rings is 3. The minimum Gasteiger partial charge on any atom is -0.494 e. The third-order valence-electron chi connectivity index (χ3n) is 6.44. The fraction of sp³-hybridized carbons (Fsp3) is 0.333. The molecule has 0 fully saturated rings. The van der Waals surface area contributed by atoms with Crippen molar-refractivity contribution < 1.29 is 36.6 Å². The number of likely N-dealkylation sites (N-methyl/N-ethyl adjacent to an activating group) is 1. The molecule has 0 aliphatic carbocycles. The maximum Gasteiger partial charge on any atom is 0.264 e. The molecular weight excluding hydrogens is 565 g/mol. The molecule has 0 unspecified atom stereocenters. The van der Waals surface area contributed by atoms with E-state index in [1.165, 1.54) is 73.7 Å². The van der Waals surface area contributed by atoms with Crippen LogP contribution in [0.5, 0.6) is 17.2 Å². The highest BCUT2D eigenvalue weighted by Crippen LogP contribution is 2.33. The first-order chi connectivity index (χ1) is 20.0. The average Bonchev–Trinajstić information content (AvgIpc) is 2.99. The number of amides is 2. The van der Waals surface area contributed by atoms with Crippen molar-refractivity contribution in [3.8, 4) is 17.2 Å². The van der Waals surface area contributed by atoms with Crippen molar-refractivity contribution in [2.75, 3.05) is 38.2 Å². The van der Waals surface area contributed by atoms with Gasteiger partial charge in [-0.2, -0.15) is 0 Å². The van der Waals surface area contributed by atoms with Crippen LogP contribution in [0.1, 0.15) is 26.3 Å². The van der Waals surface area contributed by atoms with Crippen LogP contribution in [0, 0.1) is 5.82 Å². The van der Waals surface area contributed by atoms with E-state index in [4.69, 9.17) is 14.2 Å². The fourth-order valence-corrected chi connectivity index (χ4v) is 5.63. The molecule has 0 saturated carbocycles. The smallest absolute Gasteiger partial charge is 0.264 e. The van der Waals surface area contributed by atoms with Gasteiger partial charge < -0.3 is 24.4 Å². The van der Waals surface area contributed by atoms with Gasteiger partial charge in [-0.3, -0.25) is 13.9 Å². The molecule has 3 rings (SSSR count). The van der Waals surface area contributed by atoms with Crippen molar-refractivity contribution in [2.45, 2.75) is 38.3 Å².